The molecule has 6 heteroatoms. The van der Waals surface area contributed by atoms with Crippen LogP contribution in [-0.2, 0) is 4.79 Å². The van der Waals surface area contributed by atoms with E-state index in [4.69, 9.17) is 5.11 Å². The van der Waals surface area contributed by atoms with Gasteiger partial charge in [0, 0.05) is 47.1 Å². The smallest absolute Gasteiger partial charge is 0.303 e. The maximum atomic E-state index is 12.9. The summed E-state index contributed by atoms with van der Waals surface area (Å²) in [4.78, 5) is 37.7. The minimum Gasteiger partial charge on any atom is -0.481 e. The summed E-state index contributed by atoms with van der Waals surface area (Å²) < 4.78 is 0. The summed E-state index contributed by atoms with van der Waals surface area (Å²) in [6.45, 7) is 3.16. The largest absolute Gasteiger partial charge is 0.481 e. The third-order valence-corrected chi connectivity index (χ3v) is 5.36. The van der Waals surface area contributed by atoms with E-state index in [0.717, 1.165) is 24.0 Å². The van der Waals surface area contributed by atoms with Gasteiger partial charge in [0.1, 0.15) is 0 Å². The number of hydrogen-bond acceptors (Lipinski definition) is 4. The molecule has 0 aliphatic carbocycles. The van der Waals surface area contributed by atoms with Crippen molar-refractivity contribution < 1.29 is 19.5 Å². The van der Waals surface area contributed by atoms with Gasteiger partial charge >= 0.3 is 5.97 Å². The summed E-state index contributed by atoms with van der Waals surface area (Å²) in [6, 6.07) is 9.17. The summed E-state index contributed by atoms with van der Waals surface area (Å²) in [5, 5.41) is 13.8. The van der Waals surface area contributed by atoms with Gasteiger partial charge in [-0.1, -0.05) is 44.7 Å². The summed E-state index contributed by atoms with van der Waals surface area (Å²) >= 11 is 0. The number of anilines is 1. The monoisotopic (exact) mass is 396 g/mol. The predicted octanol–water partition coefficient (Wildman–Crippen LogP) is 4.68. The second-order valence-corrected chi connectivity index (χ2v) is 7.49. The number of carboxylic acid groups (broad SMARTS) is 1. The zero-order valence-electron chi connectivity index (χ0n) is 16.9. The lowest BCUT2D eigenvalue weighted by Gasteiger charge is -2.27. The fourth-order valence-corrected chi connectivity index (χ4v) is 3.84. The maximum Gasteiger partial charge on any atom is 0.303 e. The molecule has 29 heavy (non-hydrogen) atoms. The molecule has 154 valence electrons. The first-order valence-corrected chi connectivity index (χ1v) is 10.4. The number of rotatable bonds is 11. The molecule has 1 aliphatic heterocycles. The van der Waals surface area contributed by atoms with Gasteiger partial charge in [-0.05, 0) is 31.0 Å². The van der Waals surface area contributed by atoms with E-state index >= 15 is 0 Å². The molecular formula is C23H28N2O4. The molecule has 0 radical (unpaired) electrons. The third kappa shape index (κ3) is 4.58. The number of hydrogen-bond donors (Lipinski definition) is 2. The van der Waals surface area contributed by atoms with Gasteiger partial charge in [0.25, 0.3) is 11.8 Å². The molecule has 2 aromatic rings. The van der Waals surface area contributed by atoms with Crippen LogP contribution in [0.15, 0.2) is 30.3 Å². The second-order valence-electron chi connectivity index (χ2n) is 7.49. The molecule has 1 heterocycles. The van der Waals surface area contributed by atoms with Crippen molar-refractivity contribution in [3.63, 3.8) is 0 Å². The molecule has 2 N–H and O–H groups in total. The van der Waals surface area contributed by atoms with Gasteiger partial charge in [0.2, 0.25) is 0 Å². The molecule has 6 nitrogen and oxygen atoms in total. The van der Waals surface area contributed by atoms with Crippen LogP contribution in [0.2, 0.25) is 0 Å². The van der Waals surface area contributed by atoms with Crippen LogP contribution in [0.3, 0.4) is 0 Å². The molecule has 2 aromatic carbocycles. The maximum absolute atomic E-state index is 12.9. The van der Waals surface area contributed by atoms with Crippen molar-refractivity contribution in [2.24, 2.45) is 0 Å². The van der Waals surface area contributed by atoms with Crippen molar-refractivity contribution in [3.8, 4) is 0 Å². The molecule has 0 saturated carbocycles. The van der Waals surface area contributed by atoms with Gasteiger partial charge in [-0.2, -0.15) is 0 Å². The number of imide groups is 1. The van der Waals surface area contributed by atoms with Crippen LogP contribution in [-0.4, -0.2) is 40.9 Å². The number of carbonyl (C=O) groups is 3. The fraction of sp³-hybridized carbons (Fsp3) is 0.435. The van der Waals surface area contributed by atoms with Crippen LogP contribution in [0.4, 0.5) is 5.69 Å². The quantitative estimate of drug-likeness (QED) is 0.425. The molecule has 0 saturated heterocycles. The van der Waals surface area contributed by atoms with E-state index in [1.165, 1.54) is 30.6 Å². The number of carbonyl (C=O) groups excluding carboxylic acids is 2. The topological polar surface area (TPSA) is 86.7 Å². The van der Waals surface area contributed by atoms with Crippen LogP contribution < -0.4 is 5.32 Å². The first kappa shape index (κ1) is 20.8. The molecule has 3 rings (SSSR count). The van der Waals surface area contributed by atoms with Crippen molar-refractivity contribution in [1.82, 2.24) is 4.90 Å². The molecule has 2 amide bonds. The number of aliphatic carboxylic acids is 1. The molecule has 0 unspecified atom stereocenters. The van der Waals surface area contributed by atoms with Gasteiger partial charge in [0.15, 0.2) is 0 Å². The van der Waals surface area contributed by atoms with Gasteiger partial charge in [-0.15, -0.1) is 0 Å². The normalized spacial score (nSPS) is 13.2. The molecular weight excluding hydrogens is 368 g/mol. The zero-order valence-corrected chi connectivity index (χ0v) is 16.9. The summed E-state index contributed by atoms with van der Waals surface area (Å²) in [7, 11) is 0. The molecule has 0 aromatic heterocycles. The van der Waals surface area contributed by atoms with Gasteiger partial charge in [0.05, 0.1) is 0 Å². The molecule has 0 spiro atoms. The molecule has 0 atom stereocenters. The average Bonchev–Trinajstić information content (AvgIpc) is 2.71. The highest BCUT2D eigenvalue weighted by molar-refractivity contribution is 6.26. The Morgan fingerprint density at radius 3 is 2.41 bits per heavy atom. The minimum absolute atomic E-state index is 0.0742. The second kappa shape index (κ2) is 9.54. The number of nitrogens with zero attached hydrogens (tertiary/aromatic N) is 1. The third-order valence-electron chi connectivity index (χ3n) is 5.36. The van der Waals surface area contributed by atoms with Crippen molar-refractivity contribution in [3.05, 3.63) is 41.5 Å². The van der Waals surface area contributed by atoms with E-state index in [0.29, 0.717) is 16.5 Å². The Balaban J connectivity index is 1.80. The van der Waals surface area contributed by atoms with Crippen molar-refractivity contribution in [1.29, 1.82) is 0 Å². The standard InChI is InChI=1S/C23H28N2O4/c1-2-3-4-5-6-14-24-19-13-12-18-21-16(19)9-7-10-17(21)22(28)25(23(18)29)15-8-11-20(26)27/h7,9-10,12-13,24H,2-6,8,11,14-15H2,1H3,(H,26,27). The van der Waals surface area contributed by atoms with E-state index in [1.54, 1.807) is 12.1 Å². The SMILES string of the molecule is CCCCCCCNc1ccc2c3c(cccc13)C(=O)N(CCCC(=O)O)C2=O. The number of benzene rings is 2. The Hall–Kier alpha value is -2.89. The summed E-state index contributed by atoms with van der Waals surface area (Å²) in [6.07, 6.45) is 6.15. The Kier molecular flexibility index (Phi) is 6.86. The highest BCUT2D eigenvalue weighted by Gasteiger charge is 2.32. The van der Waals surface area contributed by atoms with Crippen LogP contribution in [0.5, 0.6) is 0 Å². The van der Waals surface area contributed by atoms with Crippen LogP contribution in [0.1, 0.15) is 72.6 Å². The Morgan fingerprint density at radius 2 is 1.69 bits per heavy atom. The van der Waals surface area contributed by atoms with Gasteiger partial charge < -0.3 is 10.4 Å². The van der Waals surface area contributed by atoms with Crippen molar-refractivity contribution in [2.45, 2.75) is 51.9 Å². The molecule has 1 aliphatic rings. The van der Waals surface area contributed by atoms with Gasteiger partial charge in [-0.3, -0.25) is 19.3 Å². The lowest BCUT2D eigenvalue weighted by Crippen LogP contribution is -2.41. The summed E-state index contributed by atoms with van der Waals surface area (Å²) in [5.74, 6) is -1.64. The minimum atomic E-state index is -0.935. The summed E-state index contributed by atoms with van der Waals surface area (Å²) in [5.41, 5.74) is 1.93. The van der Waals surface area contributed by atoms with E-state index in [1.807, 2.05) is 18.2 Å². The van der Waals surface area contributed by atoms with E-state index in [9.17, 15) is 14.4 Å². The number of nitrogens with one attached hydrogen (secondary N) is 1. The highest BCUT2D eigenvalue weighted by Crippen LogP contribution is 2.34. The number of amides is 2. The Morgan fingerprint density at radius 1 is 0.966 bits per heavy atom. The van der Waals surface area contributed by atoms with Crippen LogP contribution >= 0.6 is 0 Å². The number of unbranched alkanes of at least 4 members (excludes halogenated alkanes) is 4. The zero-order chi connectivity index (χ0) is 20.8. The predicted molar refractivity (Wildman–Crippen MR) is 113 cm³/mol. The van der Waals surface area contributed by atoms with E-state index in [2.05, 4.69) is 12.2 Å². The van der Waals surface area contributed by atoms with Crippen LogP contribution in [0, 0.1) is 0 Å². The van der Waals surface area contributed by atoms with Crippen molar-refractivity contribution >= 4 is 34.2 Å². The molecule has 0 fully saturated rings. The highest BCUT2D eigenvalue weighted by atomic mass is 16.4. The first-order valence-electron chi connectivity index (χ1n) is 10.4. The lowest BCUT2D eigenvalue weighted by atomic mass is 9.93. The fourth-order valence-electron chi connectivity index (χ4n) is 3.84. The van der Waals surface area contributed by atoms with E-state index in [-0.39, 0.29) is 31.2 Å². The Labute approximate surface area is 170 Å². The van der Waals surface area contributed by atoms with Crippen LogP contribution in [0.25, 0.3) is 10.8 Å². The average molecular weight is 396 g/mol. The number of carboxylic acids is 1. The molecule has 0 bridgehead atoms. The van der Waals surface area contributed by atoms with Gasteiger partial charge in [-0.25, -0.2) is 0 Å². The van der Waals surface area contributed by atoms with Crippen molar-refractivity contribution in [2.75, 3.05) is 18.4 Å². The van der Waals surface area contributed by atoms with E-state index < -0.39 is 5.97 Å². The Bertz CT molecular complexity index is 900. The lowest BCUT2D eigenvalue weighted by molar-refractivity contribution is -0.137. The first-order chi connectivity index (χ1) is 14.0.